The van der Waals surface area contributed by atoms with Crippen LogP contribution in [-0.2, 0) is 13.1 Å². The number of pyridine rings is 3. The summed E-state index contributed by atoms with van der Waals surface area (Å²) in [6, 6.07) is 7.33. The summed E-state index contributed by atoms with van der Waals surface area (Å²) in [5.41, 5.74) is 1.98. The number of methoxy groups -OCH3 is 1. The second kappa shape index (κ2) is 9.58. The van der Waals surface area contributed by atoms with Gasteiger partial charge in [-0.05, 0) is 32.0 Å². The fourth-order valence-electron chi connectivity index (χ4n) is 4.41. The van der Waals surface area contributed by atoms with Crippen LogP contribution in [-0.4, -0.2) is 53.2 Å². The number of hydrogen-bond donors (Lipinski definition) is 1. The molecule has 10 heteroatoms. The molecule has 3 aromatic rings. The van der Waals surface area contributed by atoms with E-state index in [1.165, 1.54) is 24.3 Å². The second-order valence-electron chi connectivity index (χ2n) is 8.33. The minimum atomic E-state index is -0.113. The predicted molar refractivity (Wildman–Crippen MR) is 126 cm³/mol. The maximum Gasteiger partial charge on any atom is 0.251 e. The number of thioether (sulfide) groups is 1. The van der Waals surface area contributed by atoms with Crippen LogP contribution in [0.25, 0.3) is 11.0 Å². The second-order valence-corrected chi connectivity index (χ2v) is 9.29. The summed E-state index contributed by atoms with van der Waals surface area (Å²) in [4.78, 5) is 20.6. The monoisotopic (exact) mass is 469 g/mol. The molecule has 33 heavy (non-hydrogen) atoms. The summed E-state index contributed by atoms with van der Waals surface area (Å²) in [7, 11) is 1.51. The zero-order chi connectivity index (χ0) is 22.8. The van der Waals surface area contributed by atoms with Gasteiger partial charge in [0.2, 0.25) is 11.7 Å². The van der Waals surface area contributed by atoms with Crippen LogP contribution in [0.2, 0.25) is 0 Å². The molecular weight excluding hydrogens is 442 g/mol. The lowest BCUT2D eigenvalue weighted by atomic mass is 10.0. The Balaban J connectivity index is 1.16. The molecule has 1 fully saturated rings. The van der Waals surface area contributed by atoms with Crippen LogP contribution < -0.4 is 25.1 Å². The summed E-state index contributed by atoms with van der Waals surface area (Å²) in [6.07, 6.45) is 5.27. The van der Waals surface area contributed by atoms with Crippen molar-refractivity contribution >= 4 is 22.8 Å². The smallest absolute Gasteiger partial charge is 0.251 e. The Hall–Kier alpha value is -2.82. The van der Waals surface area contributed by atoms with Crippen LogP contribution >= 0.6 is 11.8 Å². The van der Waals surface area contributed by atoms with E-state index in [0.717, 1.165) is 55.2 Å². The van der Waals surface area contributed by atoms with Gasteiger partial charge in [-0.15, -0.1) is 0 Å². The first-order valence-electron chi connectivity index (χ1n) is 11.1. The van der Waals surface area contributed by atoms with Crippen LogP contribution in [0.4, 0.5) is 0 Å². The lowest BCUT2D eigenvalue weighted by molar-refractivity contribution is -0.577. The molecule has 5 rings (SSSR count). The number of likely N-dealkylation sites (tertiary alicyclic amines) is 1. The van der Waals surface area contributed by atoms with Gasteiger partial charge in [0.1, 0.15) is 11.5 Å². The number of rotatable bonds is 7. The van der Waals surface area contributed by atoms with Crippen LogP contribution in [0.5, 0.6) is 11.5 Å². The van der Waals surface area contributed by atoms with E-state index >= 15 is 0 Å². The number of ether oxygens (including phenoxy) is 2. The van der Waals surface area contributed by atoms with Crippen molar-refractivity contribution in [3.05, 3.63) is 57.9 Å². The Morgan fingerprint density at radius 2 is 2.15 bits per heavy atom. The van der Waals surface area contributed by atoms with Gasteiger partial charge >= 0.3 is 0 Å². The van der Waals surface area contributed by atoms with E-state index in [1.807, 2.05) is 6.20 Å². The highest BCUT2D eigenvalue weighted by Gasteiger charge is 2.20. The standard InChI is InChI=1S/C23H27N5O4S/c1-31-18-11-20-19(28(30)14-18)2-3-23(29)27(20)9-8-26-6-4-16(5-7-26)24-12-17-10-22-21(13-25-17)32-15-33-22/h2-3,10-11,13-14,16,24H,4-9,12,15H2,1H3. The summed E-state index contributed by atoms with van der Waals surface area (Å²) >= 11 is 1.71. The van der Waals surface area contributed by atoms with E-state index in [2.05, 4.69) is 21.3 Å². The average molecular weight is 470 g/mol. The zero-order valence-corrected chi connectivity index (χ0v) is 19.3. The van der Waals surface area contributed by atoms with Crippen molar-refractivity contribution in [3.63, 3.8) is 0 Å². The molecule has 5 heterocycles. The Morgan fingerprint density at radius 3 is 2.97 bits per heavy atom. The van der Waals surface area contributed by atoms with E-state index in [4.69, 9.17) is 9.47 Å². The van der Waals surface area contributed by atoms with Gasteiger partial charge in [-0.3, -0.25) is 9.78 Å². The van der Waals surface area contributed by atoms with Crippen molar-refractivity contribution in [2.75, 3.05) is 32.7 Å². The van der Waals surface area contributed by atoms with Gasteiger partial charge < -0.3 is 29.5 Å². The largest absolute Gasteiger partial charge is 0.618 e. The first kappa shape index (κ1) is 22.0. The van der Waals surface area contributed by atoms with Crippen molar-refractivity contribution in [2.45, 2.75) is 36.9 Å². The van der Waals surface area contributed by atoms with Crippen molar-refractivity contribution in [1.82, 2.24) is 19.8 Å². The minimum absolute atomic E-state index is 0.113. The van der Waals surface area contributed by atoms with E-state index in [0.29, 0.717) is 35.3 Å². The first-order valence-corrected chi connectivity index (χ1v) is 12.1. The molecule has 0 radical (unpaired) electrons. The molecule has 0 aliphatic carbocycles. The SMILES string of the molecule is COc1cc2c(ccc(=O)n2CCN2CCC(NCc3cc4c(cn3)OCS4)CC2)[n+]([O-])c1. The first-order chi connectivity index (χ1) is 16.1. The zero-order valence-electron chi connectivity index (χ0n) is 18.5. The molecule has 9 nitrogen and oxygen atoms in total. The minimum Gasteiger partial charge on any atom is -0.618 e. The maximum atomic E-state index is 12.5. The van der Waals surface area contributed by atoms with Gasteiger partial charge in [0.15, 0.2) is 11.5 Å². The molecule has 2 aliphatic heterocycles. The lowest BCUT2D eigenvalue weighted by Crippen LogP contribution is -2.43. The molecule has 174 valence electrons. The molecule has 0 aromatic carbocycles. The maximum absolute atomic E-state index is 12.5. The number of nitrogens with zero attached hydrogens (tertiary/aromatic N) is 4. The van der Waals surface area contributed by atoms with Gasteiger partial charge in [-0.2, -0.15) is 4.73 Å². The quantitative estimate of drug-likeness (QED) is 0.413. The fourth-order valence-corrected chi connectivity index (χ4v) is 5.20. The molecule has 0 atom stereocenters. The van der Waals surface area contributed by atoms with Gasteiger partial charge in [0.05, 0.1) is 23.9 Å². The molecule has 0 bridgehead atoms. The molecule has 3 aromatic heterocycles. The number of piperidine rings is 1. The van der Waals surface area contributed by atoms with Gasteiger partial charge in [0.25, 0.3) is 5.56 Å². The molecule has 0 saturated carbocycles. The van der Waals surface area contributed by atoms with Crippen molar-refractivity contribution in [1.29, 1.82) is 0 Å². The molecule has 0 amide bonds. The molecule has 2 aliphatic rings. The Labute approximate surface area is 195 Å². The summed E-state index contributed by atoms with van der Waals surface area (Å²) < 4.78 is 13.1. The van der Waals surface area contributed by atoms with Crippen LogP contribution in [0.15, 0.2) is 46.3 Å². The number of fused-ring (bicyclic) bond motifs is 2. The van der Waals surface area contributed by atoms with E-state index in [-0.39, 0.29) is 5.56 Å². The highest BCUT2D eigenvalue weighted by molar-refractivity contribution is 7.99. The Morgan fingerprint density at radius 1 is 1.30 bits per heavy atom. The van der Waals surface area contributed by atoms with E-state index < -0.39 is 0 Å². The Bertz CT molecular complexity index is 1210. The average Bonchev–Trinajstić information content (AvgIpc) is 3.30. The Kier molecular flexibility index (Phi) is 6.39. The summed E-state index contributed by atoms with van der Waals surface area (Å²) in [5.74, 6) is 1.99. The van der Waals surface area contributed by atoms with Crippen LogP contribution in [0, 0.1) is 5.21 Å². The number of hydrogen-bond acceptors (Lipinski definition) is 8. The summed E-state index contributed by atoms with van der Waals surface area (Å²) in [5, 5.41) is 15.9. The van der Waals surface area contributed by atoms with E-state index in [1.54, 1.807) is 28.5 Å². The lowest BCUT2D eigenvalue weighted by Gasteiger charge is -2.32. The topological polar surface area (TPSA) is 95.6 Å². The molecule has 1 N–H and O–H groups in total. The van der Waals surface area contributed by atoms with E-state index in [9.17, 15) is 10.0 Å². The van der Waals surface area contributed by atoms with Gasteiger partial charge in [-0.1, -0.05) is 11.8 Å². The van der Waals surface area contributed by atoms with Crippen LogP contribution in [0.3, 0.4) is 0 Å². The molecule has 0 unspecified atom stereocenters. The van der Waals surface area contributed by atoms with Crippen molar-refractivity contribution in [2.24, 2.45) is 0 Å². The fraction of sp³-hybridized carbons (Fsp3) is 0.435. The number of aromatic nitrogens is 3. The predicted octanol–water partition coefficient (Wildman–Crippen LogP) is 1.73. The van der Waals surface area contributed by atoms with Crippen LogP contribution in [0.1, 0.15) is 18.5 Å². The highest BCUT2D eigenvalue weighted by Crippen LogP contribution is 2.35. The van der Waals surface area contributed by atoms with Crippen molar-refractivity contribution < 1.29 is 14.2 Å². The van der Waals surface area contributed by atoms with Gasteiger partial charge in [0, 0.05) is 43.9 Å². The molecular formula is C23H27N5O4S. The van der Waals surface area contributed by atoms with Gasteiger partial charge in [-0.25, -0.2) is 0 Å². The third-order valence-electron chi connectivity index (χ3n) is 6.32. The third-order valence-corrected chi connectivity index (χ3v) is 7.18. The summed E-state index contributed by atoms with van der Waals surface area (Å²) in [6.45, 7) is 3.96. The third kappa shape index (κ3) is 4.78. The molecule has 1 saturated heterocycles. The highest BCUT2D eigenvalue weighted by atomic mass is 32.2. The molecule has 0 spiro atoms. The normalized spacial score (nSPS) is 16.6. The number of nitrogens with one attached hydrogen (secondary N) is 1. The van der Waals surface area contributed by atoms with Crippen molar-refractivity contribution in [3.8, 4) is 11.5 Å².